The second-order valence-electron chi connectivity index (χ2n) is 3.31. The minimum atomic E-state index is -4.11. The largest absolute Gasteiger partial charge is 0.294 e. The van der Waals surface area contributed by atoms with Crippen LogP contribution in [0.2, 0.25) is 0 Å². The fourth-order valence-corrected chi connectivity index (χ4v) is 2.79. The third-order valence-electron chi connectivity index (χ3n) is 1.88. The summed E-state index contributed by atoms with van der Waals surface area (Å²) in [5, 5.41) is 0. The number of halogens is 1. The maximum Gasteiger partial charge on any atom is 0.294 e. The van der Waals surface area contributed by atoms with Crippen molar-refractivity contribution < 1.29 is 13.0 Å². The smallest absolute Gasteiger partial charge is 0.282 e. The molecule has 0 radical (unpaired) electrons. The van der Waals surface area contributed by atoms with Crippen molar-refractivity contribution in [3.05, 3.63) is 27.3 Å². The SMILES string of the molecule is CC(C)c1ccc(I)cc1S(=O)(=O)O. The zero-order chi connectivity index (χ0) is 10.9. The van der Waals surface area contributed by atoms with Gasteiger partial charge < -0.3 is 0 Å². The average Bonchev–Trinajstić information content (AvgIpc) is 2.01. The van der Waals surface area contributed by atoms with Crippen LogP contribution in [0.5, 0.6) is 0 Å². The van der Waals surface area contributed by atoms with Crippen LogP contribution in [0.3, 0.4) is 0 Å². The van der Waals surface area contributed by atoms with Gasteiger partial charge in [0.15, 0.2) is 0 Å². The van der Waals surface area contributed by atoms with E-state index in [1.807, 2.05) is 42.5 Å². The number of rotatable bonds is 2. The highest BCUT2D eigenvalue weighted by molar-refractivity contribution is 14.1. The molecule has 0 unspecified atom stereocenters. The summed E-state index contributed by atoms with van der Waals surface area (Å²) in [4.78, 5) is 0.0133. The van der Waals surface area contributed by atoms with E-state index in [0.29, 0.717) is 5.56 Å². The third-order valence-corrected chi connectivity index (χ3v) is 3.46. The molecule has 1 rings (SSSR count). The molecule has 1 N–H and O–H groups in total. The molecule has 1 aromatic rings. The molecule has 0 saturated carbocycles. The lowest BCUT2D eigenvalue weighted by molar-refractivity contribution is 0.481. The van der Waals surface area contributed by atoms with Crippen LogP contribution in [0.15, 0.2) is 23.1 Å². The van der Waals surface area contributed by atoms with Crippen molar-refractivity contribution in [1.82, 2.24) is 0 Å². The van der Waals surface area contributed by atoms with Crippen LogP contribution in [-0.4, -0.2) is 13.0 Å². The van der Waals surface area contributed by atoms with E-state index in [0.717, 1.165) is 3.57 Å². The topological polar surface area (TPSA) is 54.4 Å². The van der Waals surface area contributed by atoms with Crippen LogP contribution in [0.25, 0.3) is 0 Å². The second kappa shape index (κ2) is 4.16. The fraction of sp³-hybridized carbons (Fsp3) is 0.333. The van der Waals surface area contributed by atoms with E-state index in [-0.39, 0.29) is 10.8 Å². The summed E-state index contributed by atoms with van der Waals surface area (Å²) in [5.41, 5.74) is 0.646. The highest BCUT2D eigenvalue weighted by Gasteiger charge is 2.17. The summed E-state index contributed by atoms with van der Waals surface area (Å²) in [6, 6.07) is 5.03. The molecule has 0 spiro atoms. The first kappa shape index (κ1) is 11.9. The monoisotopic (exact) mass is 326 g/mol. The Labute approximate surface area is 97.4 Å². The zero-order valence-electron chi connectivity index (χ0n) is 7.86. The number of benzene rings is 1. The Morgan fingerprint density at radius 2 is 1.93 bits per heavy atom. The highest BCUT2D eigenvalue weighted by Crippen LogP contribution is 2.25. The first-order valence-electron chi connectivity index (χ1n) is 4.09. The van der Waals surface area contributed by atoms with E-state index in [4.69, 9.17) is 4.55 Å². The lowest BCUT2D eigenvalue weighted by atomic mass is 10.0. The Morgan fingerprint density at radius 1 is 1.36 bits per heavy atom. The first-order chi connectivity index (χ1) is 6.32. The molecule has 0 bridgehead atoms. The maximum atomic E-state index is 11.1. The van der Waals surface area contributed by atoms with Gasteiger partial charge in [0, 0.05) is 3.57 Å². The first-order valence-corrected chi connectivity index (χ1v) is 6.61. The van der Waals surface area contributed by atoms with Gasteiger partial charge in [0.25, 0.3) is 10.1 Å². The lowest BCUT2D eigenvalue weighted by Gasteiger charge is -2.10. The standard InChI is InChI=1S/C9H11IO3S/c1-6(2)8-4-3-7(10)5-9(8)14(11,12)13/h3-6H,1-2H3,(H,11,12,13). The van der Waals surface area contributed by atoms with E-state index in [1.54, 1.807) is 6.07 Å². The Hall–Kier alpha value is -0.140. The quantitative estimate of drug-likeness (QED) is 0.671. The normalized spacial score (nSPS) is 12.1. The van der Waals surface area contributed by atoms with Gasteiger partial charge in [-0.25, -0.2) is 0 Å². The number of hydrogen-bond donors (Lipinski definition) is 1. The van der Waals surface area contributed by atoms with E-state index < -0.39 is 10.1 Å². The van der Waals surface area contributed by atoms with Crippen LogP contribution in [0.1, 0.15) is 25.3 Å². The predicted octanol–water partition coefficient (Wildman–Crippen LogP) is 2.66. The van der Waals surface area contributed by atoms with Gasteiger partial charge in [0.1, 0.15) is 0 Å². The van der Waals surface area contributed by atoms with Gasteiger partial charge in [0.05, 0.1) is 4.90 Å². The molecule has 0 atom stereocenters. The summed E-state index contributed by atoms with van der Waals surface area (Å²) < 4.78 is 31.9. The Balaban J connectivity index is 3.46. The van der Waals surface area contributed by atoms with Crippen LogP contribution in [-0.2, 0) is 10.1 Å². The molecule has 0 aromatic heterocycles. The van der Waals surface area contributed by atoms with Crippen molar-refractivity contribution in [2.24, 2.45) is 0 Å². The second-order valence-corrected chi connectivity index (χ2v) is 5.95. The van der Waals surface area contributed by atoms with E-state index in [2.05, 4.69) is 0 Å². The van der Waals surface area contributed by atoms with Gasteiger partial charge in [-0.05, 0) is 46.2 Å². The molecule has 0 aliphatic heterocycles. The summed E-state index contributed by atoms with van der Waals surface area (Å²) >= 11 is 2.01. The lowest BCUT2D eigenvalue weighted by Crippen LogP contribution is -2.04. The number of hydrogen-bond acceptors (Lipinski definition) is 2. The molecule has 1 aromatic carbocycles. The molecule has 5 heteroatoms. The van der Waals surface area contributed by atoms with Crippen molar-refractivity contribution in [3.8, 4) is 0 Å². The maximum absolute atomic E-state index is 11.1. The Bertz CT molecular complexity index is 437. The average molecular weight is 326 g/mol. The van der Waals surface area contributed by atoms with E-state index in [1.165, 1.54) is 6.07 Å². The van der Waals surface area contributed by atoms with Crippen molar-refractivity contribution in [3.63, 3.8) is 0 Å². The Kier molecular flexibility index (Phi) is 3.54. The molecule has 3 nitrogen and oxygen atoms in total. The van der Waals surface area contributed by atoms with Gasteiger partial charge >= 0.3 is 0 Å². The molecule has 0 heterocycles. The van der Waals surface area contributed by atoms with Crippen molar-refractivity contribution >= 4 is 32.7 Å². The van der Waals surface area contributed by atoms with Gasteiger partial charge in [-0.3, -0.25) is 4.55 Å². The van der Waals surface area contributed by atoms with E-state index in [9.17, 15) is 8.42 Å². The predicted molar refractivity (Wildman–Crippen MR) is 63.1 cm³/mol. The molecular weight excluding hydrogens is 315 g/mol. The van der Waals surface area contributed by atoms with Crippen LogP contribution in [0, 0.1) is 3.57 Å². The van der Waals surface area contributed by atoms with Gasteiger partial charge in [-0.2, -0.15) is 8.42 Å². The van der Waals surface area contributed by atoms with Crippen LogP contribution < -0.4 is 0 Å². The fourth-order valence-electron chi connectivity index (χ4n) is 1.21. The molecule has 14 heavy (non-hydrogen) atoms. The molecule has 0 aliphatic rings. The Morgan fingerprint density at radius 3 is 2.36 bits per heavy atom. The van der Waals surface area contributed by atoms with Gasteiger partial charge in [-0.1, -0.05) is 19.9 Å². The minimum absolute atomic E-state index is 0.0133. The summed E-state index contributed by atoms with van der Waals surface area (Å²) in [6.45, 7) is 3.77. The molecule has 78 valence electrons. The summed E-state index contributed by atoms with van der Waals surface area (Å²) in [6.07, 6.45) is 0. The minimum Gasteiger partial charge on any atom is -0.282 e. The van der Waals surface area contributed by atoms with Crippen molar-refractivity contribution in [2.45, 2.75) is 24.7 Å². The highest BCUT2D eigenvalue weighted by atomic mass is 127. The summed E-state index contributed by atoms with van der Waals surface area (Å²) in [5.74, 6) is 0.0731. The van der Waals surface area contributed by atoms with Crippen molar-refractivity contribution in [2.75, 3.05) is 0 Å². The molecule has 0 saturated heterocycles. The summed E-state index contributed by atoms with van der Waals surface area (Å²) in [7, 11) is -4.11. The van der Waals surface area contributed by atoms with Crippen LogP contribution >= 0.6 is 22.6 Å². The molecule has 0 aliphatic carbocycles. The third kappa shape index (κ3) is 2.68. The van der Waals surface area contributed by atoms with Gasteiger partial charge in [-0.15, -0.1) is 0 Å². The zero-order valence-corrected chi connectivity index (χ0v) is 10.8. The molecule has 0 fully saturated rings. The molecule has 0 amide bonds. The van der Waals surface area contributed by atoms with Gasteiger partial charge in [0.2, 0.25) is 0 Å². The van der Waals surface area contributed by atoms with Crippen molar-refractivity contribution in [1.29, 1.82) is 0 Å². The molecular formula is C9H11IO3S. The van der Waals surface area contributed by atoms with Crippen LogP contribution in [0.4, 0.5) is 0 Å². The van der Waals surface area contributed by atoms with E-state index >= 15 is 0 Å².